The molecule has 0 unspecified atom stereocenters. The molecule has 2 N–H and O–H groups in total. The fourth-order valence-electron chi connectivity index (χ4n) is 2.41. The van der Waals surface area contributed by atoms with E-state index in [0.29, 0.717) is 6.54 Å². The summed E-state index contributed by atoms with van der Waals surface area (Å²) in [6.45, 7) is 0.486. The summed E-state index contributed by atoms with van der Waals surface area (Å²) in [4.78, 5) is 0. The first-order chi connectivity index (χ1) is 8.97. The van der Waals surface area contributed by atoms with Crippen molar-refractivity contribution in [3.05, 3.63) is 35.4 Å². The zero-order valence-corrected chi connectivity index (χ0v) is 10.6. The van der Waals surface area contributed by atoms with Crippen LogP contribution in [0.3, 0.4) is 0 Å². The van der Waals surface area contributed by atoms with Crippen LogP contribution in [0.5, 0.6) is 0 Å². The molecule has 1 saturated carbocycles. The van der Waals surface area contributed by atoms with Crippen molar-refractivity contribution < 1.29 is 18.3 Å². The number of aliphatic hydroxyl groups is 1. The Morgan fingerprint density at radius 2 is 1.74 bits per heavy atom. The van der Waals surface area contributed by atoms with Crippen LogP contribution in [0.25, 0.3) is 0 Å². The number of benzene rings is 1. The van der Waals surface area contributed by atoms with E-state index in [1.54, 1.807) is 0 Å². The van der Waals surface area contributed by atoms with Crippen molar-refractivity contribution in [1.82, 2.24) is 5.32 Å². The van der Waals surface area contributed by atoms with Gasteiger partial charge in [-0.05, 0) is 30.5 Å². The molecule has 2 atom stereocenters. The van der Waals surface area contributed by atoms with Crippen LogP contribution in [-0.2, 0) is 12.7 Å². The SMILES string of the molecule is O[C@@H]1CCCC[C@H]1NCc1ccc(C(F)(F)F)cc1. The predicted molar refractivity (Wildman–Crippen MR) is 66.5 cm³/mol. The zero-order chi connectivity index (χ0) is 13.9. The van der Waals surface area contributed by atoms with Crippen molar-refractivity contribution in [3.8, 4) is 0 Å². The summed E-state index contributed by atoms with van der Waals surface area (Å²) >= 11 is 0. The van der Waals surface area contributed by atoms with Gasteiger partial charge in [-0.25, -0.2) is 0 Å². The molecular weight excluding hydrogens is 255 g/mol. The lowest BCUT2D eigenvalue weighted by Gasteiger charge is -2.28. The minimum Gasteiger partial charge on any atom is -0.392 e. The molecular formula is C14H18F3NO. The Labute approximate surface area is 110 Å². The Bertz CT molecular complexity index is 402. The summed E-state index contributed by atoms with van der Waals surface area (Å²) in [5.74, 6) is 0. The van der Waals surface area contributed by atoms with Crippen LogP contribution >= 0.6 is 0 Å². The van der Waals surface area contributed by atoms with Crippen molar-refractivity contribution in [3.63, 3.8) is 0 Å². The highest BCUT2D eigenvalue weighted by atomic mass is 19.4. The second kappa shape index (κ2) is 5.92. The van der Waals surface area contributed by atoms with E-state index >= 15 is 0 Å². The van der Waals surface area contributed by atoms with Crippen LogP contribution in [0.1, 0.15) is 36.8 Å². The van der Waals surface area contributed by atoms with Crippen LogP contribution in [0, 0.1) is 0 Å². The topological polar surface area (TPSA) is 32.3 Å². The monoisotopic (exact) mass is 273 g/mol. The molecule has 1 aromatic rings. The van der Waals surface area contributed by atoms with Crippen molar-refractivity contribution in [2.75, 3.05) is 0 Å². The number of rotatable bonds is 3. The van der Waals surface area contributed by atoms with E-state index in [4.69, 9.17) is 0 Å². The highest BCUT2D eigenvalue weighted by Gasteiger charge is 2.30. The largest absolute Gasteiger partial charge is 0.416 e. The first-order valence-electron chi connectivity index (χ1n) is 6.54. The third-order valence-corrected chi connectivity index (χ3v) is 3.58. The van der Waals surface area contributed by atoms with E-state index in [1.807, 2.05) is 0 Å². The molecule has 0 amide bonds. The maximum absolute atomic E-state index is 12.4. The van der Waals surface area contributed by atoms with Gasteiger partial charge in [0.05, 0.1) is 11.7 Å². The average molecular weight is 273 g/mol. The van der Waals surface area contributed by atoms with Crippen LogP contribution in [0.4, 0.5) is 13.2 Å². The summed E-state index contributed by atoms with van der Waals surface area (Å²) < 4.78 is 37.2. The summed E-state index contributed by atoms with van der Waals surface area (Å²) in [5, 5.41) is 13.0. The number of halogens is 3. The summed E-state index contributed by atoms with van der Waals surface area (Å²) in [6.07, 6.45) is -0.789. The minimum atomic E-state index is -4.29. The third kappa shape index (κ3) is 3.94. The Morgan fingerprint density at radius 1 is 1.11 bits per heavy atom. The maximum atomic E-state index is 12.4. The lowest BCUT2D eigenvalue weighted by atomic mass is 9.92. The second-order valence-corrected chi connectivity index (χ2v) is 5.03. The molecule has 1 aliphatic carbocycles. The van der Waals surface area contributed by atoms with Gasteiger partial charge in [0.15, 0.2) is 0 Å². The quantitative estimate of drug-likeness (QED) is 0.887. The lowest BCUT2D eigenvalue weighted by molar-refractivity contribution is -0.137. The first-order valence-corrected chi connectivity index (χ1v) is 6.54. The number of aliphatic hydroxyl groups excluding tert-OH is 1. The van der Waals surface area contributed by atoms with E-state index < -0.39 is 11.7 Å². The Balaban J connectivity index is 1.89. The summed E-state index contributed by atoms with van der Waals surface area (Å²) in [5.41, 5.74) is 0.166. The molecule has 0 heterocycles. The van der Waals surface area contributed by atoms with Gasteiger partial charge >= 0.3 is 6.18 Å². The van der Waals surface area contributed by atoms with Gasteiger partial charge in [-0.15, -0.1) is 0 Å². The van der Waals surface area contributed by atoms with Gasteiger partial charge in [0, 0.05) is 12.6 Å². The fourth-order valence-corrected chi connectivity index (χ4v) is 2.41. The number of hydrogen-bond donors (Lipinski definition) is 2. The number of hydrogen-bond acceptors (Lipinski definition) is 2. The smallest absolute Gasteiger partial charge is 0.392 e. The van der Waals surface area contributed by atoms with E-state index in [-0.39, 0.29) is 12.1 Å². The molecule has 0 spiro atoms. The number of alkyl halides is 3. The van der Waals surface area contributed by atoms with E-state index in [0.717, 1.165) is 43.4 Å². The van der Waals surface area contributed by atoms with Crippen molar-refractivity contribution >= 4 is 0 Å². The zero-order valence-electron chi connectivity index (χ0n) is 10.6. The van der Waals surface area contributed by atoms with Crippen LogP contribution in [0.2, 0.25) is 0 Å². The van der Waals surface area contributed by atoms with Crippen molar-refractivity contribution in [1.29, 1.82) is 0 Å². The van der Waals surface area contributed by atoms with Gasteiger partial charge in [-0.1, -0.05) is 25.0 Å². The molecule has 2 rings (SSSR count). The molecule has 0 aliphatic heterocycles. The maximum Gasteiger partial charge on any atom is 0.416 e. The van der Waals surface area contributed by atoms with Crippen molar-refractivity contribution in [2.24, 2.45) is 0 Å². The van der Waals surface area contributed by atoms with Gasteiger partial charge in [-0.3, -0.25) is 0 Å². The van der Waals surface area contributed by atoms with Crippen LogP contribution in [-0.4, -0.2) is 17.3 Å². The van der Waals surface area contributed by atoms with Gasteiger partial charge in [0.2, 0.25) is 0 Å². The van der Waals surface area contributed by atoms with Crippen LogP contribution in [0.15, 0.2) is 24.3 Å². The summed E-state index contributed by atoms with van der Waals surface area (Å²) in [7, 11) is 0. The molecule has 1 aromatic carbocycles. The lowest BCUT2D eigenvalue weighted by Crippen LogP contribution is -2.41. The third-order valence-electron chi connectivity index (χ3n) is 3.58. The fraction of sp³-hybridized carbons (Fsp3) is 0.571. The average Bonchev–Trinajstić information content (AvgIpc) is 2.37. The highest BCUT2D eigenvalue weighted by molar-refractivity contribution is 5.24. The Kier molecular flexibility index (Phi) is 4.47. The second-order valence-electron chi connectivity index (χ2n) is 5.03. The van der Waals surface area contributed by atoms with Gasteiger partial charge in [0.1, 0.15) is 0 Å². The molecule has 0 radical (unpaired) electrons. The standard InChI is InChI=1S/C14H18F3NO/c15-14(16,17)11-7-5-10(6-8-11)9-18-12-3-1-2-4-13(12)19/h5-8,12-13,18-19H,1-4,9H2/t12-,13-/m1/s1. The van der Waals surface area contributed by atoms with E-state index in [9.17, 15) is 18.3 Å². The normalized spacial score (nSPS) is 24.4. The van der Waals surface area contributed by atoms with Gasteiger partial charge < -0.3 is 10.4 Å². The minimum absolute atomic E-state index is 0.0519. The van der Waals surface area contributed by atoms with Crippen LogP contribution < -0.4 is 5.32 Å². The van der Waals surface area contributed by atoms with Gasteiger partial charge in [-0.2, -0.15) is 13.2 Å². The molecule has 0 saturated heterocycles. The molecule has 1 aliphatic rings. The van der Waals surface area contributed by atoms with Crippen molar-refractivity contribution in [2.45, 2.75) is 50.6 Å². The molecule has 1 fully saturated rings. The first kappa shape index (κ1) is 14.3. The predicted octanol–water partition coefficient (Wildman–Crippen LogP) is 3.10. The highest BCUT2D eigenvalue weighted by Crippen LogP contribution is 2.29. The molecule has 2 nitrogen and oxygen atoms in total. The van der Waals surface area contributed by atoms with Gasteiger partial charge in [0.25, 0.3) is 0 Å². The number of nitrogens with one attached hydrogen (secondary N) is 1. The molecule has 106 valence electrons. The van der Waals surface area contributed by atoms with E-state index in [2.05, 4.69) is 5.32 Å². The molecule has 0 bridgehead atoms. The molecule has 19 heavy (non-hydrogen) atoms. The summed E-state index contributed by atoms with van der Waals surface area (Å²) in [6, 6.07) is 5.19. The Hall–Kier alpha value is -1.07. The van der Waals surface area contributed by atoms with E-state index in [1.165, 1.54) is 12.1 Å². The Morgan fingerprint density at radius 3 is 2.32 bits per heavy atom. The molecule has 5 heteroatoms. The molecule has 0 aromatic heterocycles.